The van der Waals surface area contributed by atoms with Gasteiger partial charge in [-0.2, -0.15) is 0 Å². The molecule has 6 heteroatoms. The van der Waals surface area contributed by atoms with E-state index in [2.05, 4.69) is 4.74 Å². The molecule has 1 unspecified atom stereocenters. The van der Waals surface area contributed by atoms with Crippen LogP contribution in [0.1, 0.15) is 18.9 Å². The minimum atomic E-state index is -0.311. The summed E-state index contributed by atoms with van der Waals surface area (Å²) in [5, 5.41) is 0. The number of amides is 1. The van der Waals surface area contributed by atoms with Gasteiger partial charge in [-0.1, -0.05) is 6.07 Å². The number of nitrogens with zero attached hydrogens (tertiary/aromatic N) is 1. The number of hydrogen-bond acceptors (Lipinski definition) is 5. The Kier molecular flexibility index (Phi) is 5.84. The third-order valence-electron chi connectivity index (χ3n) is 4.04. The van der Waals surface area contributed by atoms with Crippen molar-refractivity contribution in [3.63, 3.8) is 0 Å². The minimum absolute atomic E-state index is 0.0119. The molecule has 0 radical (unpaired) electrons. The first-order valence-corrected chi connectivity index (χ1v) is 7.74. The van der Waals surface area contributed by atoms with Crippen molar-refractivity contribution in [3.8, 4) is 11.5 Å². The van der Waals surface area contributed by atoms with E-state index in [-0.39, 0.29) is 24.2 Å². The molecule has 1 aliphatic heterocycles. The Morgan fingerprint density at radius 1 is 1.35 bits per heavy atom. The van der Waals surface area contributed by atoms with Gasteiger partial charge < -0.3 is 19.1 Å². The highest BCUT2D eigenvalue weighted by molar-refractivity contribution is 5.80. The summed E-state index contributed by atoms with van der Waals surface area (Å²) in [6, 6.07) is 5.63. The molecule has 0 saturated carbocycles. The van der Waals surface area contributed by atoms with Crippen molar-refractivity contribution < 1.29 is 23.8 Å². The third kappa shape index (κ3) is 4.15. The van der Waals surface area contributed by atoms with Gasteiger partial charge in [0.05, 0.1) is 26.6 Å². The zero-order valence-corrected chi connectivity index (χ0v) is 13.8. The van der Waals surface area contributed by atoms with Crippen molar-refractivity contribution in [1.82, 2.24) is 4.90 Å². The highest BCUT2D eigenvalue weighted by atomic mass is 16.5. The molecule has 6 nitrogen and oxygen atoms in total. The standard InChI is InChI=1S/C17H23NO5/c1-4-18(8-7-16(19)22-3)17(20)13-9-12-5-6-14(21-2)10-15(12)23-11-13/h5-6,10,13H,4,7-9,11H2,1-3H3. The fourth-order valence-corrected chi connectivity index (χ4v) is 2.65. The molecule has 0 N–H and O–H groups in total. The predicted molar refractivity (Wildman–Crippen MR) is 84.6 cm³/mol. The quantitative estimate of drug-likeness (QED) is 0.746. The molecule has 1 amide bonds. The Morgan fingerprint density at radius 2 is 2.13 bits per heavy atom. The summed E-state index contributed by atoms with van der Waals surface area (Å²) < 4.78 is 15.5. The van der Waals surface area contributed by atoms with Crippen molar-refractivity contribution in [2.75, 3.05) is 33.9 Å². The molecule has 0 saturated heterocycles. The highest BCUT2D eigenvalue weighted by Crippen LogP contribution is 2.31. The van der Waals surface area contributed by atoms with E-state index in [0.29, 0.717) is 26.1 Å². The zero-order valence-electron chi connectivity index (χ0n) is 13.8. The second-order valence-electron chi connectivity index (χ2n) is 5.43. The van der Waals surface area contributed by atoms with Crippen LogP contribution in [-0.4, -0.2) is 50.7 Å². The van der Waals surface area contributed by atoms with E-state index < -0.39 is 0 Å². The Bertz CT molecular complexity index is 572. The van der Waals surface area contributed by atoms with Crippen molar-refractivity contribution >= 4 is 11.9 Å². The first kappa shape index (κ1) is 17.1. The third-order valence-corrected chi connectivity index (χ3v) is 4.04. The van der Waals surface area contributed by atoms with E-state index in [1.807, 2.05) is 25.1 Å². The van der Waals surface area contributed by atoms with Crippen LogP contribution in [0.5, 0.6) is 11.5 Å². The number of rotatable bonds is 6. The van der Waals surface area contributed by atoms with E-state index in [1.54, 1.807) is 12.0 Å². The van der Waals surface area contributed by atoms with Gasteiger partial charge >= 0.3 is 5.97 Å². The second-order valence-corrected chi connectivity index (χ2v) is 5.43. The van der Waals surface area contributed by atoms with Gasteiger partial charge in [-0.25, -0.2) is 0 Å². The molecule has 1 atom stereocenters. The van der Waals surface area contributed by atoms with Crippen LogP contribution in [0.15, 0.2) is 18.2 Å². The van der Waals surface area contributed by atoms with Crippen molar-refractivity contribution in [2.24, 2.45) is 5.92 Å². The van der Waals surface area contributed by atoms with Crippen LogP contribution in [0.3, 0.4) is 0 Å². The lowest BCUT2D eigenvalue weighted by Gasteiger charge is -2.29. The SMILES string of the molecule is CCN(CCC(=O)OC)C(=O)C1COc2cc(OC)ccc2C1. The van der Waals surface area contributed by atoms with Crippen LogP contribution in [0.4, 0.5) is 0 Å². The van der Waals surface area contributed by atoms with Crippen LogP contribution in [0.2, 0.25) is 0 Å². The number of carbonyl (C=O) groups excluding carboxylic acids is 2. The molecule has 0 fully saturated rings. The number of carbonyl (C=O) groups is 2. The second kappa shape index (κ2) is 7.85. The Labute approximate surface area is 136 Å². The fraction of sp³-hybridized carbons (Fsp3) is 0.529. The lowest BCUT2D eigenvalue weighted by atomic mass is 9.95. The zero-order chi connectivity index (χ0) is 16.8. The normalized spacial score (nSPS) is 16.0. The molecule has 2 rings (SSSR count). The molecule has 0 aliphatic carbocycles. The number of benzene rings is 1. The van der Waals surface area contributed by atoms with Gasteiger partial charge in [-0.3, -0.25) is 9.59 Å². The van der Waals surface area contributed by atoms with Crippen LogP contribution in [0, 0.1) is 5.92 Å². The number of methoxy groups -OCH3 is 2. The lowest BCUT2D eigenvalue weighted by molar-refractivity contribution is -0.142. The molecular formula is C17H23NO5. The average Bonchev–Trinajstić information content (AvgIpc) is 2.60. The van der Waals surface area contributed by atoms with Crippen LogP contribution < -0.4 is 9.47 Å². The molecular weight excluding hydrogens is 298 g/mol. The Hall–Kier alpha value is -2.24. The topological polar surface area (TPSA) is 65.1 Å². The largest absolute Gasteiger partial charge is 0.497 e. The summed E-state index contributed by atoms with van der Waals surface area (Å²) in [6.07, 6.45) is 0.838. The first-order valence-electron chi connectivity index (χ1n) is 7.74. The number of esters is 1. The summed E-state index contributed by atoms with van der Waals surface area (Å²) in [4.78, 5) is 25.6. The van der Waals surface area contributed by atoms with Crippen molar-refractivity contribution in [3.05, 3.63) is 23.8 Å². The van der Waals surface area contributed by atoms with Crippen LogP contribution >= 0.6 is 0 Å². The van der Waals surface area contributed by atoms with E-state index >= 15 is 0 Å². The Morgan fingerprint density at radius 3 is 2.78 bits per heavy atom. The number of ether oxygens (including phenoxy) is 3. The lowest BCUT2D eigenvalue weighted by Crippen LogP contribution is -2.41. The smallest absolute Gasteiger partial charge is 0.307 e. The summed E-state index contributed by atoms with van der Waals surface area (Å²) >= 11 is 0. The molecule has 1 aromatic carbocycles. The Balaban J connectivity index is 2.01. The molecule has 23 heavy (non-hydrogen) atoms. The molecule has 0 spiro atoms. The molecule has 1 aromatic rings. The first-order chi connectivity index (χ1) is 11.1. The van der Waals surface area contributed by atoms with Gasteiger partial charge in [0, 0.05) is 19.2 Å². The van der Waals surface area contributed by atoms with Crippen LogP contribution in [0.25, 0.3) is 0 Å². The average molecular weight is 321 g/mol. The van der Waals surface area contributed by atoms with Gasteiger partial charge in [0.25, 0.3) is 0 Å². The minimum Gasteiger partial charge on any atom is -0.497 e. The number of fused-ring (bicyclic) bond motifs is 1. The summed E-state index contributed by atoms with van der Waals surface area (Å²) in [6.45, 7) is 3.17. The molecule has 1 heterocycles. The van der Waals surface area contributed by atoms with E-state index in [9.17, 15) is 9.59 Å². The van der Waals surface area contributed by atoms with Gasteiger partial charge in [0.1, 0.15) is 18.1 Å². The van der Waals surface area contributed by atoms with Gasteiger partial charge in [-0.05, 0) is 25.0 Å². The maximum atomic E-state index is 12.6. The fourth-order valence-electron chi connectivity index (χ4n) is 2.65. The highest BCUT2D eigenvalue weighted by Gasteiger charge is 2.29. The predicted octanol–water partition coefficient (Wildman–Crippen LogP) is 1.66. The van der Waals surface area contributed by atoms with Gasteiger partial charge in [0.15, 0.2) is 0 Å². The van der Waals surface area contributed by atoms with E-state index in [1.165, 1.54) is 7.11 Å². The van der Waals surface area contributed by atoms with Gasteiger partial charge in [0.2, 0.25) is 5.91 Å². The van der Waals surface area contributed by atoms with E-state index in [0.717, 1.165) is 17.1 Å². The molecule has 0 aromatic heterocycles. The van der Waals surface area contributed by atoms with E-state index in [4.69, 9.17) is 9.47 Å². The summed E-state index contributed by atoms with van der Waals surface area (Å²) in [7, 11) is 2.96. The maximum Gasteiger partial charge on any atom is 0.307 e. The maximum absolute atomic E-state index is 12.6. The van der Waals surface area contributed by atoms with Crippen molar-refractivity contribution in [2.45, 2.75) is 19.8 Å². The summed E-state index contributed by atoms with van der Waals surface area (Å²) in [5.41, 5.74) is 0.999. The molecule has 1 aliphatic rings. The number of hydrogen-bond donors (Lipinski definition) is 0. The van der Waals surface area contributed by atoms with Gasteiger partial charge in [-0.15, -0.1) is 0 Å². The van der Waals surface area contributed by atoms with Crippen LogP contribution in [-0.2, 0) is 20.7 Å². The monoisotopic (exact) mass is 321 g/mol. The molecule has 126 valence electrons. The molecule has 0 bridgehead atoms. The summed E-state index contributed by atoms with van der Waals surface area (Å²) in [5.74, 6) is 0.979. The van der Waals surface area contributed by atoms with Crippen molar-refractivity contribution in [1.29, 1.82) is 0 Å².